The van der Waals surface area contributed by atoms with Crippen LogP contribution < -0.4 is 0 Å². The SMILES string of the molecule is COCCN(CCO)C(=O)Cn1ccc(C(F)(F)F)n1. The molecule has 0 aromatic carbocycles. The van der Waals surface area contributed by atoms with Crippen LogP contribution in [-0.2, 0) is 22.3 Å². The van der Waals surface area contributed by atoms with Crippen LogP contribution in [0, 0.1) is 0 Å². The smallest absolute Gasteiger partial charge is 0.395 e. The summed E-state index contributed by atoms with van der Waals surface area (Å²) in [5.74, 6) is -0.437. The lowest BCUT2D eigenvalue weighted by Crippen LogP contribution is -2.38. The van der Waals surface area contributed by atoms with Gasteiger partial charge in [0, 0.05) is 26.4 Å². The molecule has 114 valence electrons. The third kappa shape index (κ3) is 4.82. The molecule has 1 aromatic heterocycles. The quantitative estimate of drug-likeness (QED) is 0.789. The zero-order valence-corrected chi connectivity index (χ0v) is 10.9. The van der Waals surface area contributed by atoms with Crippen LogP contribution in [0.25, 0.3) is 0 Å². The summed E-state index contributed by atoms with van der Waals surface area (Å²) < 4.78 is 42.8. The van der Waals surface area contributed by atoms with Crippen LogP contribution in [0.3, 0.4) is 0 Å². The molecule has 0 fully saturated rings. The van der Waals surface area contributed by atoms with Gasteiger partial charge < -0.3 is 14.7 Å². The number of aliphatic hydroxyl groups excluding tert-OH is 1. The molecule has 1 aromatic rings. The topological polar surface area (TPSA) is 67.6 Å². The van der Waals surface area contributed by atoms with Gasteiger partial charge in [0.1, 0.15) is 6.54 Å². The average molecular weight is 295 g/mol. The van der Waals surface area contributed by atoms with E-state index in [1.165, 1.54) is 12.0 Å². The fourth-order valence-corrected chi connectivity index (χ4v) is 1.52. The Morgan fingerprint density at radius 2 is 2.20 bits per heavy atom. The second kappa shape index (κ2) is 7.25. The lowest BCUT2D eigenvalue weighted by molar-refractivity contribution is -0.142. The van der Waals surface area contributed by atoms with Gasteiger partial charge in [0.2, 0.25) is 5.91 Å². The van der Waals surface area contributed by atoms with Crippen molar-refractivity contribution in [2.24, 2.45) is 0 Å². The normalized spacial score (nSPS) is 11.7. The minimum Gasteiger partial charge on any atom is -0.395 e. The summed E-state index contributed by atoms with van der Waals surface area (Å²) in [6.45, 7) is 0.0691. The van der Waals surface area contributed by atoms with Crippen LogP contribution in [0.1, 0.15) is 5.69 Å². The molecule has 0 aliphatic carbocycles. The summed E-state index contributed by atoms with van der Waals surface area (Å²) in [5, 5.41) is 12.2. The number of hydrogen-bond donors (Lipinski definition) is 1. The number of hydrogen-bond acceptors (Lipinski definition) is 4. The number of ether oxygens (including phenoxy) is 1. The molecule has 0 radical (unpaired) electrons. The predicted molar refractivity (Wildman–Crippen MR) is 62.8 cm³/mol. The minimum atomic E-state index is -4.53. The number of aliphatic hydroxyl groups is 1. The van der Waals surface area contributed by atoms with Gasteiger partial charge in [-0.2, -0.15) is 18.3 Å². The standard InChI is InChI=1S/C11H16F3N3O3/c1-20-7-5-16(4-6-18)10(19)8-17-3-2-9(15-17)11(12,13)14/h2-3,18H,4-8H2,1H3. The first-order valence-electron chi connectivity index (χ1n) is 5.86. The molecule has 0 bridgehead atoms. The van der Waals surface area contributed by atoms with Crippen molar-refractivity contribution in [3.05, 3.63) is 18.0 Å². The van der Waals surface area contributed by atoms with Crippen molar-refractivity contribution in [1.82, 2.24) is 14.7 Å². The number of amides is 1. The fraction of sp³-hybridized carbons (Fsp3) is 0.636. The highest BCUT2D eigenvalue weighted by Gasteiger charge is 2.33. The third-order valence-electron chi connectivity index (χ3n) is 2.52. The van der Waals surface area contributed by atoms with E-state index >= 15 is 0 Å². The third-order valence-corrected chi connectivity index (χ3v) is 2.52. The van der Waals surface area contributed by atoms with Crippen molar-refractivity contribution in [2.75, 3.05) is 33.4 Å². The van der Waals surface area contributed by atoms with E-state index in [4.69, 9.17) is 9.84 Å². The Balaban J connectivity index is 2.65. The fourth-order valence-electron chi connectivity index (χ4n) is 1.52. The van der Waals surface area contributed by atoms with Gasteiger partial charge >= 0.3 is 6.18 Å². The van der Waals surface area contributed by atoms with E-state index in [1.54, 1.807) is 0 Å². The van der Waals surface area contributed by atoms with Gasteiger partial charge in [0.25, 0.3) is 0 Å². The Bertz CT molecular complexity index is 434. The molecule has 1 amide bonds. The molecular formula is C11H16F3N3O3. The second-order valence-electron chi connectivity index (χ2n) is 3.99. The van der Waals surface area contributed by atoms with E-state index < -0.39 is 17.8 Å². The highest BCUT2D eigenvalue weighted by molar-refractivity contribution is 5.75. The van der Waals surface area contributed by atoms with E-state index in [0.29, 0.717) is 0 Å². The molecule has 0 unspecified atom stereocenters. The Hall–Kier alpha value is -1.61. The maximum absolute atomic E-state index is 12.4. The Kier molecular flexibility index (Phi) is 5.96. The highest BCUT2D eigenvalue weighted by Crippen LogP contribution is 2.27. The van der Waals surface area contributed by atoms with Crippen molar-refractivity contribution < 1.29 is 27.8 Å². The van der Waals surface area contributed by atoms with Crippen LogP contribution in [0.15, 0.2) is 12.3 Å². The van der Waals surface area contributed by atoms with Gasteiger partial charge in [-0.1, -0.05) is 0 Å². The summed E-state index contributed by atoms with van der Waals surface area (Å²) >= 11 is 0. The van der Waals surface area contributed by atoms with Crippen molar-refractivity contribution in [1.29, 1.82) is 0 Å². The van der Waals surface area contributed by atoms with E-state index in [1.807, 2.05) is 0 Å². The maximum Gasteiger partial charge on any atom is 0.435 e. The number of carbonyl (C=O) groups is 1. The zero-order chi connectivity index (χ0) is 15.2. The van der Waals surface area contributed by atoms with Crippen LogP contribution in [0.4, 0.5) is 13.2 Å². The largest absolute Gasteiger partial charge is 0.435 e. The molecule has 0 atom stereocenters. The van der Waals surface area contributed by atoms with E-state index in [9.17, 15) is 18.0 Å². The summed E-state index contributed by atoms with van der Waals surface area (Å²) in [6, 6.07) is 0.804. The molecule has 20 heavy (non-hydrogen) atoms. The number of nitrogens with zero attached hydrogens (tertiary/aromatic N) is 3. The highest BCUT2D eigenvalue weighted by atomic mass is 19.4. The van der Waals surface area contributed by atoms with Crippen molar-refractivity contribution in [2.45, 2.75) is 12.7 Å². The molecule has 6 nitrogen and oxygen atoms in total. The van der Waals surface area contributed by atoms with Crippen molar-refractivity contribution in [3.8, 4) is 0 Å². The number of rotatable bonds is 7. The zero-order valence-electron chi connectivity index (χ0n) is 10.9. The predicted octanol–water partition coefficient (Wildman–Crippen LogP) is 0.369. The van der Waals surface area contributed by atoms with Gasteiger partial charge in [-0.25, -0.2) is 0 Å². The minimum absolute atomic E-state index is 0.0928. The van der Waals surface area contributed by atoms with Crippen molar-refractivity contribution in [3.63, 3.8) is 0 Å². The first kappa shape index (κ1) is 16.4. The maximum atomic E-state index is 12.4. The summed E-state index contributed by atoms with van der Waals surface area (Å²) in [6.07, 6.45) is -3.44. The summed E-state index contributed by atoms with van der Waals surface area (Å²) in [5.41, 5.74) is -1.05. The number of carbonyl (C=O) groups excluding carboxylic acids is 1. The second-order valence-corrected chi connectivity index (χ2v) is 3.99. The Morgan fingerprint density at radius 3 is 2.70 bits per heavy atom. The Labute approximate surface area is 113 Å². The first-order chi connectivity index (χ1) is 9.38. The number of alkyl halides is 3. The summed E-state index contributed by atoms with van der Waals surface area (Å²) in [7, 11) is 1.46. The van der Waals surface area contributed by atoms with Crippen LogP contribution in [-0.4, -0.2) is 59.1 Å². The van der Waals surface area contributed by atoms with E-state index in [2.05, 4.69) is 5.10 Å². The molecule has 9 heteroatoms. The van der Waals surface area contributed by atoms with Gasteiger partial charge in [-0.15, -0.1) is 0 Å². The average Bonchev–Trinajstić information content (AvgIpc) is 2.82. The van der Waals surface area contributed by atoms with Crippen LogP contribution in [0.5, 0.6) is 0 Å². The number of methoxy groups -OCH3 is 1. The van der Waals surface area contributed by atoms with E-state index in [0.717, 1.165) is 16.9 Å². The van der Waals surface area contributed by atoms with E-state index in [-0.39, 0.29) is 32.8 Å². The molecule has 1 N–H and O–H groups in total. The molecule has 0 aliphatic rings. The molecular weight excluding hydrogens is 279 g/mol. The monoisotopic (exact) mass is 295 g/mol. The molecule has 0 aliphatic heterocycles. The van der Waals surface area contributed by atoms with Crippen LogP contribution in [0.2, 0.25) is 0 Å². The molecule has 0 spiro atoms. The van der Waals surface area contributed by atoms with Gasteiger partial charge in [-0.3, -0.25) is 9.48 Å². The first-order valence-corrected chi connectivity index (χ1v) is 5.86. The van der Waals surface area contributed by atoms with Crippen LogP contribution >= 0.6 is 0 Å². The Morgan fingerprint density at radius 1 is 1.50 bits per heavy atom. The molecule has 0 saturated carbocycles. The lowest BCUT2D eigenvalue weighted by atomic mass is 10.4. The van der Waals surface area contributed by atoms with Gasteiger partial charge in [0.05, 0.1) is 13.2 Å². The molecule has 1 heterocycles. The van der Waals surface area contributed by atoms with Crippen molar-refractivity contribution >= 4 is 5.91 Å². The summed E-state index contributed by atoms with van der Waals surface area (Å²) in [4.78, 5) is 13.2. The van der Waals surface area contributed by atoms with Gasteiger partial charge in [-0.05, 0) is 6.07 Å². The molecule has 1 rings (SSSR count). The lowest BCUT2D eigenvalue weighted by Gasteiger charge is -2.21. The van der Waals surface area contributed by atoms with Gasteiger partial charge in [0.15, 0.2) is 5.69 Å². The molecule has 0 saturated heterocycles. The number of halogens is 3. The number of aromatic nitrogens is 2.